The molecular weight excluding hydrogens is 421 g/mol. The van der Waals surface area contributed by atoms with Crippen LogP contribution >= 0.6 is 23.1 Å². The number of H-pyrrole nitrogens is 1. The zero-order valence-corrected chi connectivity index (χ0v) is 17.2. The lowest BCUT2D eigenvalue weighted by molar-refractivity contribution is -0.145. The van der Waals surface area contributed by atoms with Crippen LogP contribution in [0.2, 0.25) is 0 Å². The molecule has 0 bridgehead atoms. The van der Waals surface area contributed by atoms with E-state index in [0.717, 1.165) is 22.2 Å². The summed E-state index contributed by atoms with van der Waals surface area (Å²) >= 11 is 2.53. The van der Waals surface area contributed by atoms with E-state index in [2.05, 4.69) is 19.9 Å². The van der Waals surface area contributed by atoms with Gasteiger partial charge in [-0.05, 0) is 32.4 Å². The fourth-order valence-corrected chi connectivity index (χ4v) is 4.99. The summed E-state index contributed by atoms with van der Waals surface area (Å²) in [6.45, 7) is 5.56. The molecule has 0 aliphatic carbocycles. The van der Waals surface area contributed by atoms with Gasteiger partial charge >= 0.3 is 6.18 Å². The zero-order chi connectivity index (χ0) is 20.9. The number of hydrogen-bond acceptors (Lipinski definition) is 6. The van der Waals surface area contributed by atoms with E-state index in [1.54, 1.807) is 25.1 Å². The highest BCUT2D eigenvalue weighted by atomic mass is 32.2. The van der Waals surface area contributed by atoms with Crippen LogP contribution in [-0.2, 0) is 6.18 Å². The van der Waals surface area contributed by atoms with Crippen molar-refractivity contribution in [3.8, 4) is 0 Å². The van der Waals surface area contributed by atoms with E-state index >= 15 is 0 Å². The molecule has 0 unspecified atom stereocenters. The van der Waals surface area contributed by atoms with Crippen molar-refractivity contribution in [3.63, 3.8) is 0 Å². The molecule has 10 heteroatoms. The molecule has 3 heterocycles. The van der Waals surface area contributed by atoms with Gasteiger partial charge in [0.2, 0.25) is 5.82 Å². The molecule has 4 aromatic rings. The first-order valence-electron chi connectivity index (χ1n) is 8.65. The Morgan fingerprint density at radius 2 is 1.86 bits per heavy atom. The normalized spacial score (nSPS) is 13.3. The van der Waals surface area contributed by atoms with Gasteiger partial charge in [-0.3, -0.25) is 4.79 Å². The molecule has 0 saturated heterocycles. The van der Waals surface area contributed by atoms with Gasteiger partial charge in [-0.25, -0.2) is 15.0 Å². The molecule has 0 aliphatic rings. The second kappa shape index (κ2) is 7.10. The SMILES string of the molecule is Cc1sc2nc([C@@H](C)Sc3nc(C(F)(F)F)nc4ccccc34)[nH]c(=O)c2c1C. The number of para-hydroxylation sites is 1. The number of benzene rings is 1. The fraction of sp³-hybridized carbons (Fsp3) is 0.263. The Bertz CT molecular complexity index is 1300. The molecule has 150 valence electrons. The number of aromatic nitrogens is 4. The van der Waals surface area contributed by atoms with Crippen LogP contribution < -0.4 is 5.56 Å². The molecule has 1 N–H and O–H groups in total. The molecule has 1 aromatic carbocycles. The number of aromatic amines is 1. The van der Waals surface area contributed by atoms with Gasteiger partial charge in [0, 0.05) is 10.3 Å². The Morgan fingerprint density at radius 1 is 1.14 bits per heavy atom. The highest BCUT2D eigenvalue weighted by molar-refractivity contribution is 7.99. The summed E-state index contributed by atoms with van der Waals surface area (Å²) < 4.78 is 39.7. The summed E-state index contributed by atoms with van der Waals surface area (Å²) in [7, 11) is 0. The number of alkyl halides is 3. The molecule has 0 spiro atoms. The molecule has 5 nitrogen and oxygen atoms in total. The average Bonchev–Trinajstić information content (AvgIpc) is 2.95. The third-order valence-corrected chi connectivity index (χ3v) is 6.77. The minimum absolute atomic E-state index is 0.191. The van der Waals surface area contributed by atoms with Gasteiger partial charge in [-0.2, -0.15) is 13.2 Å². The summed E-state index contributed by atoms with van der Waals surface area (Å²) in [6, 6.07) is 6.54. The number of rotatable bonds is 3. The number of halogens is 3. The highest BCUT2D eigenvalue weighted by Gasteiger charge is 2.35. The smallest absolute Gasteiger partial charge is 0.309 e. The van der Waals surface area contributed by atoms with Gasteiger partial charge < -0.3 is 4.98 Å². The van der Waals surface area contributed by atoms with E-state index < -0.39 is 17.3 Å². The maximum absolute atomic E-state index is 13.2. The topological polar surface area (TPSA) is 71.5 Å². The molecule has 4 rings (SSSR count). The van der Waals surface area contributed by atoms with Crippen LogP contribution in [-0.4, -0.2) is 19.9 Å². The second-order valence-electron chi connectivity index (χ2n) is 6.54. The minimum atomic E-state index is -4.65. The first-order valence-corrected chi connectivity index (χ1v) is 10.4. The molecule has 0 aliphatic heterocycles. The van der Waals surface area contributed by atoms with E-state index in [1.165, 1.54) is 17.4 Å². The molecular formula is C19H15F3N4OS2. The Labute approximate surface area is 171 Å². The Kier molecular flexibility index (Phi) is 4.86. The Balaban J connectivity index is 1.79. The number of thiophene rings is 1. The lowest BCUT2D eigenvalue weighted by Crippen LogP contribution is -2.13. The number of aryl methyl sites for hydroxylation is 2. The van der Waals surface area contributed by atoms with Crippen molar-refractivity contribution in [2.45, 2.75) is 37.2 Å². The van der Waals surface area contributed by atoms with Gasteiger partial charge in [0.05, 0.1) is 16.2 Å². The van der Waals surface area contributed by atoms with Gasteiger partial charge in [0.1, 0.15) is 15.7 Å². The van der Waals surface area contributed by atoms with Gasteiger partial charge in [0.25, 0.3) is 5.56 Å². The molecule has 0 radical (unpaired) electrons. The van der Waals surface area contributed by atoms with E-state index in [9.17, 15) is 18.0 Å². The van der Waals surface area contributed by atoms with Crippen LogP contribution in [0, 0.1) is 13.8 Å². The molecule has 3 aromatic heterocycles. The number of hydrogen-bond donors (Lipinski definition) is 1. The highest BCUT2D eigenvalue weighted by Crippen LogP contribution is 2.38. The van der Waals surface area contributed by atoms with Crippen molar-refractivity contribution in [2.75, 3.05) is 0 Å². The summed E-state index contributed by atoms with van der Waals surface area (Å²) in [5.41, 5.74) is 0.857. The summed E-state index contributed by atoms with van der Waals surface area (Å²) in [4.78, 5) is 28.8. The molecule has 0 fully saturated rings. The first kappa shape index (κ1) is 19.8. The van der Waals surface area contributed by atoms with E-state index in [0.29, 0.717) is 21.4 Å². The van der Waals surface area contributed by atoms with Gasteiger partial charge in [-0.15, -0.1) is 11.3 Å². The van der Waals surface area contributed by atoms with Crippen molar-refractivity contribution in [2.24, 2.45) is 0 Å². The lowest BCUT2D eigenvalue weighted by Gasteiger charge is -2.14. The second-order valence-corrected chi connectivity index (χ2v) is 9.07. The van der Waals surface area contributed by atoms with Crippen LogP contribution in [0.4, 0.5) is 13.2 Å². The standard InChI is InChI=1S/C19H15F3N4OS2/c1-8-9(2)28-17-13(8)15(27)24-14(25-17)10(3)29-16-11-6-4-5-7-12(11)23-18(26-16)19(20,21)22/h4-7,10H,1-3H3,(H,24,25,27)/t10-/m1/s1. The summed E-state index contributed by atoms with van der Waals surface area (Å²) in [6.07, 6.45) is -4.65. The quantitative estimate of drug-likeness (QED) is 0.343. The zero-order valence-electron chi connectivity index (χ0n) is 15.6. The predicted octanol–water partition coefficient (Wildman–Crippen LogP) is 5.42. The summed E-state index contributed by atoms with van der Waals surface area (Å²) in [5.74, 6) is -0.794. The maximum Gasteiger partial charge on any atom is 0.451 e. The number of fused-ring (bicyclic) bond motifs is 2. The number of thioether (sulfide) groups is 1. The Morgan fingerprint density at radius 3 is 2.59 bits per heavy atom. The van der Waals surface area contributed by atoms with Crippen molar-refractivity contribution >= 4 is 44.2 Å². The predicted molar refractivity (Wildman–Crippen MR) is 109 cm³/mol. The van der Waals surface area contributed by atoms with Gasteiger partial charge in [-0.1, -0.05) is 30.0 Å². The van der Waals surface area contributed by atoms with Crippen LogP contribution in [0.1, 0.15) is 34.3 Å². The van der Waals surface area contributed by atoms with Crippen molar-refractivity contribution in [1.29, 1.82) is 0 Å². The molecule has 1 atom stereocenters. The van der Waals surface area contributed by atoms with Crippen LogP contribution in [0.5, 0.6) is 0 Å². The van der Waals surface area contributed by atoms with E-state index in [1.807, 2.05) is 13.8 Å². The maximum atomic E-state index is 13.2. The third-order valence-electron chi connectivity index (χ3n) is 4.55. The molecule has 0 saturated carbocycles. The fourth-order valence-electron chi connectivity index (χ4n) is 2.95. The van der Waals surface area contributed by atoms with E-state index in [4.69, 9.17) is 0 Å². The minimum Gasteiger partial charge on any atom is -0.309 e. The van der Waals surface area contributed by atoms with Crippen LogP contribution in [0.15, 0.2) is 34.1 Å². The molecule has 29 heavy (non-hydrogen) atoms. The number of nitrogens with one attached hydrogen (secondary N) is 1. The largest absolute Gasteiger partial charge is 0.451 e. The summed E-state index contributed by atoms with van der Waals surface area (Å²) in [5, 5.41) is 0.842. The van der Waals surface area contributed by atoms with Crippen molar-refractivity contribution in [3.05, 3.63) is 56.7 Å². The van der Waals surface area contributed by atoms with Crippen LogP contribution in [0.3, 0.4) is 0 Å². The number of nitrogens with zero attached hydrogens (tertiary/aromatic N) is 3. The van der Waals surface area contributed by atoms with Crippen molar-refractivity contribution in [1.82, 2.24) is 19.9 Å². The van der Waals surface area contributed by atoms with E-state index in [-0.39, 0.29) is 16.1 Å². The monoisotopic (exact) mass is 436 g/mol. The third kappa shape index (κ3) is 3.62. The van der Waals surface area contributed by atoms with Crippen LogP contribution in [0.25, 0.3) is 21.1 Å². The molecule has 0 amide bonds. The van der Waals surface area contributed by atoms with Crippen molar-refractivity contribution < 1.29 is 13.2 Å². The Hall–Kier alpha value is -2.46. The first-order chi connectivity index (χ1) is 13.6. The lowest BCUT2D eigenvalue weighted by atomic mass is 10.2. The van der Waals surface area contributed by atoms with Gasteiger partial charge in [0.15, 0.2) is 0 Å². The average molecular weight is 436 g/mol.